The number of rotatable bonds is 0. The molecule has 0 N–H and O–H groups in total. The quantitative estimate of drug-likeness (QED) is 0.554. The van der Waals surface area contributed by atoms with Crippen LogP contribution < -0.4 is 0 Å². The maximum absolute atomic E-state index is 13.1. The SMILES string of the molecule is Cc1c(F)cc(C#CC2CC2)cc1F. The Morgan fingerprint density at radius 2 is 1.79 bits per heavy atom. The van der Waals surface area contributed by atoms with Crippen molar-refractivity contribution in [2.24, 2.45) is 5.92 Å². The molecule has 0 unspecified atom stereocenters. The van der Waals surface area contributed by atoms with E-state index in [1.165, 1.54) is 19.1 Å². The minimum atomic E-state index is -0.523. The van der Waals surface area contributed by atoms with Gasteiger partial charge in [-0.1, -0.05) is 11.8 Å². The van der Waals surface area contributed by atoms with Crippen molar-refractivity contribution in [1.82, 2.24) is 0 Å². The smallest absolute Gasteiger partial charge is 0.130 e. The third kappa shape index (κ3) is 1.93. The molecule has 0 radical (unpaired) electrons. The fraction of sp³-hybridized carbons (Fsp3) is 0.333. The molecule has 1 aliphatic rings. The van der Waals surface area contributed by atoms with Crippen molar-refractivity contribution in [2.75, 3.05) is 0 Å². The summed E-state index contributed by atoms with van der Waals surface area (Å²) < 4.78 is 26.1. The van der Waals surface area contributed by atoms with Crippen molar-refractivity contribution in [3.05, 3.63) is 34.9 Å². The molecule has 1 fully saturated rings. The lowest BCUT2D eigenvalue weighted by atomic mass is 10.1. The summed E-state index contributed by atoms with van der Waals surface area (Å²) in [6, 6.07) is 2.57. The van der Waals surface area contributed by atoms with Gasteiger partial charge in [-0.2, -0.15) is 0 Å². The van der Waals surface area contributed by atoms with E-state index in [1.807, 2.05) is 0 Å². The first-order valence-electron chi connectivity index (χ1n) is 4.64. The molecule has 0 heterocycles. The second-order valence-corrected chi connectivity index (χ2v) is 3.61. The normalized spacial score (nSPS) is 14.8. The summed E-state index contributed by atoms with van der Waals surface area (Å²) >= 11 is 0. The Morgan fingerprint density at radius 3 is 2.29 bits per heavy atom. The molecule has 0 atom stereocenters. The van der Waals surface area contributed by atoms with Gasteiger partial charge in [0.2, 0.25) is 0 Å². The van der Waals surface area contributed by atoms with Crippen LogP contribution in [0.2, 0.25) is 0 Å². The van der Waals surface area contributed by atoms with E-state index in [2.05, 4.69) is 11.8 Å². The van der Waals surface area contributed by atoms with E-state index in [0.29, 0.717) is 11.5 Å². The fourth-order valence-electron chi connectivity index (χ4n) is 1.13. The second-order valence-electron chi connectivity index (χ2n) is 3.61. The minimum absolute atomic E-state index is 0.0574. The number of hydrogen-bond acceptors (Lipinski definition) is 0. The summed E-state index contributed by atoms with van der Waals surface area (Å²) in [6.07, 6.45) is 2.23. The van der Waals surface area contributed by atoms with Gasteiger partial charge in [0.15, 0.2) is 0 Å². The summed E-state index contributed by atoms with van der Waals surface area (Å²) in [4.78, 5) is 0. The topological polar surface area (TPSA) is 0 Å². The Hall–Kier alpha value is -1.36. The highest BCUT2D eigenvalue weighted by Crippen LogP contribution is 2.27. The van der Waals surface area contributed by atoms with E-state index in [1.54, 1.807) is 0 Å². The van der Waals surface area contributed by atoms with E-state index in [-0.39, 0.29) is 5.56 Å². The first-order valence-corrected chi connectivity index (χ1v) is 4.64. The van der Waals surface area contributed by atoms with Crippen LogP contribution in [-0.2, 0) is 0 Å². The summed E-state index contributed by atoms with van der Waals surface area (Å²) in [5, 5.41) is 0. The molecule has 0 bridgehead atoms. The Morgan fingerprint density at radius 1 is 1.21 bits per heavy atom. The summed E-state index contributed by atoms with van der Waals surface area (Å²) in [7, 11) is 0. The summed E-state index contributed by atoms with van der Waals surface area (Å²) in [5.41, 5.74) is 0.486. The van der Waals surface area contributed by atoms with Gasteiger partial charge >= 0.3 is 0 Å². The summed E-state index contributed by atoms with van der Waals surface area (Å²) in [5.74, 6) is 5.15. The van der Waals surface area contributed by atoms with Crippen LogP contribution >= 0.6 is 0 Å². The predicted molar refractivity (Wildman–Crippen MR) is 50.7 cm³/mol. The highest BCUT2D eigenvalue weighted by Gasteiger charge is 2.17. The van der Waals surface area contributed by atoms with Crippen molar-refractivity contribution in [3.8, 4) is 11.8 Å². The van der Waals surface area contributed by atoms with Gasteiger partial charge in [-0.25, -0.2) is 8.78 Å². The monoisotopic (exact) mass is 192 g/mol. The maximum atomic E-state index is 13.1. The van der Waals surface area contributed by atoms with Crippen molar-refractivity contribution in [1.29, 1.82) is 0 Å². The lowest BCUT2D eigenvalue weighted by molar-refractivity contribution is 0.567. The molecule has 1 saturated carbocycles. The van der Waals surface area contributed by atoms with Crippen LogP contribution in [0.3, 0.4) is 0 Å². The number of benzene rings is 1. The molecule has 0 aromatic heterocycles. The number of halogens is 2. The third-order valence-electron chi connectivity index (χ3n) is 2.28. The standard InChI is InChI=1S/C12H10F2/c1-8-11(13)6-10(7-12(8)14)5-4-9-2-3-9/h6-7,9H,2-3H2,1H3. The molecule has 0 amide bonds. The third-order valence-corrected chi connectivity index (χ3v) is 2.28. The van der Waals surface area contributed by atoms with E-state index >= 15 is 0 Å². The lowest BCUT2D eigenvalue weighted by Crippen LogP contribution is -1.90. The molecule has 1 aromatic rings. The zero-order valence-electron chi connectivity index (χ0n) is 7.90. The summed E-state index contributed by atoms with van der Waals surface area (Å²) in [6.45, 7) is 1.42. The molecule has 1 aliphatic carbocycles. The Kier molecular flexibility index (Phi) is 2.25. The highest BCUT2D eigenvalue weighted by molar-refractivity contribution is 5.38. The highest BCUT2D eigenvalue weighted by atomic mass is 19.1. The molecule has 1 aromatic carbocycles. The zero-order chi connectivity index (χ0) is 10.1. The van der Waals surface area contributed by atoms with Gasteiger partial charge < -0.3 is 0 Å². The fourth-order valence-corrected chi connectivity index (χ4v) is 1.13. The van der Waals surface area contributed by atoms with Crippen LogP contribution in [0.4, 0.5) is 8.78 Å². The average molecular weight is 192 g/mol. The van der Waals surface area contributed by atoms with Gasteiger partial charge in [-0.05, 0) is 31.9 Å². The largest absolute Gasteiger partial charge is 0.207 e. The van der Waals surface area contributed by atoms with Crippen LogP contribution in [-0.4, -0.2) is 0 Å². The zero-order valence-corrected chi connectivity index (χ0v) is 7.90. The Labute approximate surface area is 81.9 Å². The van der Waals surface area contributed by atoms with Crippen molar-refractivity contribution < 1.29 is 8.78 Å². The van der Waals surface area contributed by atoms with Gasteiger partial charge in [0.05, 0.1) is 0 Å². The van der Waals surface area contributed by atoms with Crippen molar-refractivity contribution in [3.63, 3.8) is 0 Å². The van der Waals surface area contributed by atoms with Crippen molar-refractivity contribution >= 4 is 0 Å². The Balaban J connectivity index is 2.31. The van der Waals surface area contributed by atoms with Gasteiger partial charge in [-0.3, -0.25) is 0 Å². The first kappa shape index (κ1) is 9.21. The van der Waals surface area contributed by atoms with Gasteiger partial charge in [0.25, 0.3) is 0 Å². The minimum Gasteiger partial charge on any atom is -0.207 e. The van der Waals surface area contributed by atoms with Crippen LogP contribution in [0.1, 0.15) is 24.0 Å². The van der Waals surface area contributed by atoms with Crippen LogP contribution in [0.25, 0.3) is 0 Å². The average Bonchev–Trinajstić information content (AvgIpc) is 2.94. The Bertz CT molecular complexity index is 397. The van der Waals surface area contributed by atoms with E-state index < -0.39 is 11.6 Å². The van der Waals surface area contributed by atoms with Gasteiger partial charge in [-0.15, -0.1) is 0 Å². The molecule has 2 heteroatoms. The van der Waals surface area contributed by atoms with Gasteiger partial charge in [0.1, 0.15) is 11.6 Å². The maximum Gasteiger partial charge on any atom is 0.130 e. The molecule has 0 aliphatic heterocycles. The van der Waals surface area contributed by atoms with Crippen molar-refractivity contribution in [2.45, 2.75) is 19.8 Å². The predicted octanol–water partition coefficient (Wildman–Crippen LogP) is 3.03. The van der Waals surface area contributed by atoms with Crippen LogP contribution in [0.5, 0.6) is 0 Å². The molecule has 2 rings (SSSR count). The molecule has 14 heavy (non-hydrogen) atoms. The number of hydrogen-bond donors (Lipinski definition) is 0. The molecule has 72 valence electrons. The second kappa shape index (κ2) is 3.42. The van der Waals surface area contributed by atoms with Gasteiger partial charge in [0, 0.05) is 17.0 Å². The molecule has 0 saturated heterocycles. The van der Waals surface area contributed by atoms with E-state index in [9.17, 15) is 8.78 Å². The molecule has 0 nitrogen and oxygen atoms in total. The van der Waals surface area contributed by atoms with E-state index in [0.717, 1.165) is 12.8 Å². The van der Waals surface area contributed by atoms with Crippen LogP contribution in [0.15, 0.2) is 12.1 Å². The molecular formula is C12H10F2. The first-order chi connectivity index (χ1) is 6.66. The lowest BCUT2D eigenvalue weighted by Gasteiger charge is -1.98. The van der Waals surface area contributed by atoms with E-state index in [4.69, 9.17) is 0 Å². The van der Waals surface area contributed by atoms with Crippen LogP contribution in [0, 0.1) is 36.3 Å². The molecular weight excluding hydrogens is 182 g/mol. The molecule has 0 spiro atoms.